The lowest BCUT2D eigenvalue weighted by Gasteiger charge is -2.22. The molecule has 0 aliphatic carbocycles. The van der Waals surface area contributed by atoms with E-state index in [1.807, 2.05) is 13.8 Å². The van der Waals surface area contributed by atoms with Crippen LogP contribution < -0.4 is 15.5 Å². The summed E-state index contributed by atoms with van der Waals surface area (Å²) in [4.78, 5) is 25.5. The topological polar surface area (TPSA) is 100 Å². The van der Waals surface area contributed by atoms with Crippen LogP contribution in [0.15, 0.2) is 23.1 Å². The summed E-state index contributed by atoms with van der Waals surface area (Å²) in [5, 5.41) is 5.58. The highest BCUT2D eigenvalue weighted by molar-refractivity contribution is 7.89. The van der Waals surface area contributed by atoms with E-state index in [4.69, 9.17) is 0 Å². The van der Waals surface area contributed by atoms with Gasteiger partial charge in [-0.3, -0.25) is 9.59 Å². The first-order valence-corrected chi connectivity index (χ1v) is 11.4. The van der Waals surface area contributed by atoms with Crippen molar-refractivity contribution in [3.05, 3.63) is 23.8 Å². The summed E-state index contributed by atoms with van der Waals surface area (Å²) >= 11 is 0. The number of hydrogen-bond acceptors (Lipinski definition) is 4. The first kappa shape index (κ1) is 25.1. The van der Waals surface area contributed by atoms with E-state index < -0.39 is 16.1 Å². The molecule has 1 unspecified atom stereocenters. The highest BCUT2D eigenvalue weighted by atomic mass is 32.2. The van der Waals surface area contributed by atoms with Crippen molar-refractivity contribution >= 4 is 27.5 Å². The van der Waals surface area contributed by atoms with Crippen molar-refractivity contribution in [3.63, 3.8) is 0 Å². The maximum atomic E-state index is 12.9. The van der Waals surface area contributed by atoms with E-state index in [1.54, 1.807) is 46.9 Å². The van der Waals surface area contributed by atoms with E-state index in [-0.39, 0.29) is 29.3 Å². The van der Waals surface area contributed by atoms with Gasteiger partial charge < -0.3 is 15.5 Å². The SMILES string of the molecule is CCN(CC)S(=O)(=O)c1cc(NC(=O)[C@H](C)[NH+](C)CC(=O)NC(C)C)ccc1C. The molecule has 0 bridgehead atoms. The number of aryl methyl sites for hydroxylation is 1. The van der Waals surface area contributed by atoms with Crippen LogP contribution in [-0.4, -0.2) is 63.3 Å². The molecule has 0 aliphatic heterocycles. The molecule has 0 heterocycles. The zero-order valence-electron chi connectivity index (χ0n) is 18.5. The van der Waals surface area contributed by atoms with Gasteiger partial charge in [-0.2, -0.15) is 4.31 Å². The number of carbonyl (C=O) groups excluding carboxylic acids is 2. The molecule has 0 aliphatic rings. The molecule has 29 heavy (non-hydrogen) atoms. The van der Waals surface area contributed by atoms with Crippen molar-refractivity contribution < 1.29 is 22.9 Å². The van der Waals surface area contributed by atoms with Crippen molar-refractivity contribution in [1.29, 1.82) is 0 Å². The first-order valence-electron chi connectivity index (χ1n) is 9.97. The Hall–Kier alpha value is -1.97. The zero-order chi connectivity index (χ0) is 22.4. The molecule has 8 nitrogen and oxygen atoms in total. The molecule has 2 amide bonds. The van der Waals surface area contributed by atoms with Crippen molar-refractivity contribution in [2.45, 2.75) is 58.5 Å². The minimum atomic E-state index is -3.63. The Labute approximate surface area is 174 Å². The van der Waals surface area contributed by atoms with Crippen LogP contribution in [0.4, 0.5) is 5.69 Å². The number of benzene rings is 1. The summed E-state index contributed by atoms with van der Waals surface area (Å²) in [6.45, 7) is 11.7. The minimum Gasteiger partial charge on any atom is -0.349 e. The number of quaternary nitrogens is 1. The molecular formula is C20H35N4O4S+. The van der Waals surface area contributed by atoms with Gasteiger partial charge in [0.2, 0.25) is 10.0 Å². The monoisotopic (exact) mass is 427 g/mol. The van der Waals surface area contributed by atoms with E-state index in [2.05, 4.69) is 10.6 Å². The fourth-order valence-electron chi connectivity index (χ4n) is 2.91. The van der Waals surface area contributed by atoms with Crippen LogP contribution in [0, 0.1) is 6.92 Å². The molecule has 0 saturated carbocycles. The zero-order valence-corrected chi connectivity index (χ0v) is 19.3. The third kappa shape index (κ3) is 6.80. The van der Waals surface area contributed by atoms with Gasteiger partial charge in [0, 0.05) is 24.8 Å². The van der Waals surface area contributed by atoms with Gasteiger partial charge in [-0.15, -0.1) is 0 Å². The number of amides is 2. The van der Waals surface area contributed by atoms with Gasteiger partial charge in [0.1, 0.15) is 0 Å². The van der Waals surface area contributed by atoms with Crippen molar-refractivity contribution in [1.82, 2.24) is 9.62 Å². The number of nitrogens with zero attached hydrogens (tertiary/aromatic N) is 1. The molecule has 2 atom stereocenters. The molecule has 0 aromatic heterocycles. The van der Waals surface area contributed by atoms with E-state index in [1.165, 1.54) is 10.4 Å². The Kier molecular flexibility index (Phi) is 9.25. The highest BCUT2D eigenvalue weighted by Crippen LogP contribution is 2.23. The smallest absolute Gasteiger partial charge is 0.282 e. The molecule has 1 aromatic rings. The molecule has 1 rings (SSSR count). The summed E-state index contributed by atoms with van der Waals surface area (Å²) in [5.41, 5.74) is 1.04. The summed E-state index contributed by atoms with van der Waals surface area (Å²) < 4.78 is 27.1. The van der Waals surface area contributed by atoms with Crippen LogP contribution in [0.5, 0.6) is 0 Å². The molecule has 0 fully saturated rings. The maximum Gasteiger partial charge on any atom is 0.282 e. The van der Waals surface area contributed by atoms with Gasteiger partial charge in [0.05, 0.1) is 11.9 Å². The molecule has 164 valence electrons. The lowest BCUT2D eigenvalue weighted by molar-refractivity contribution is -0.885. The molecule has 0 spiro atoms. The second kappa shape index (κ2) is 10.7. The highest BCUT2D eigenvalue weighted by Gasteiger charge is 2.26. The van der Waals surface area contributed by atoms with E-state index in [0.29, 0.717) is 24.3 Å². The lowest BCUT2D eigenvalue weighted by Crippen LogP contribution is -3.15. The number of hydrogen-bond donors (Lipinski definition) is 3. The third-order valence-electron chi connectivity index (χ3n) is 4.80. The van der Waals surface area contributed by atoms with Gasteiger partial charge in [0.15, 0.2) is 12.6 Å². The maximum absolute atomic E-state index is 12.9. The van der Waals surface area contributed by atoms with Crippen LogP contribution in [0.2, 0.25) is 0 Å². The Morgan fingerprint density at radius 2 is 1.72 bits per heavy atom. The Bertz CT molecular complexity index is 820. The van der Waals surface area contributed by atoms with Gasteiger partial charge in [-0.1, -0.05) is 19.9 Å². The number of rotatable bonds is 10. The number of carbonyl (C=O) groups is 2. The van der Waals surface area contributed by atoms with Gasteiger partial charge in [-0.05, 0) is 45.4 Å². The molecular weight excluding hydrogens is 392 g/mol. The number of nitrogens with one attached hydrogen (secondary N) is 3. The quantitative estimate of drug-likeness (QED) is 0.503. The van der Waals surface area contributed by atoms with Crippen LogP contribution in [-0.2, 0) is 19.6 Å². The fraction of sp³-hybridized carbons (Fsp3) is 0.600. The Morgan fingerprint density at radius 1 is 1.14 bits per heavy atom. The number of anilines is 1. The standard InChI is InChI=1S/C20H34N4O4S/c1-8-24(9-2)29(27,28)18-12-17(11-10-15(18)5)22-20(26)16(6)23(7)13-19(25)21-14(3)4/h10-12,14,16H,8-9,13H2,1-7H3,(H,21,25)(H,22,26)/p+1/t16-/m0/s1. The van der Waals surface area contributed by atoms with Crippen molar-refractivity contribution in [2.75, 3.05) is 32.0 Å². The summed E-state index contributed by atoms with van der Waals surface area (Å²) in [6.07, 6.45) is 0. The van der Waals surface area contributed by atoms with Gasteiger partial charge >= 0.3 is 0 Å². The van der Waals surface area contributed by atoms with Crippen LogP contribution in [0.25, 0.3) is 0 Å². The minimum absolute atomic E-state index is 0.0400. The molecule has 0 saturated heterocycles. The summed E-state index contributed by atoms with van der Waals surface area (Å²) in [5.74, 6) is -0.407. The van der Waals surface area contributed by atoms with Crippen LogP contribution >= 0.6 is 0 Å². The summed E-state index contributed by atoms with van der Waals surface area (Å²) in [6, 6.07) is 4.41. The van der Waals surface area contributed by atoms with Crippen LogP contribution in [0.1, 0.15) is 40.2 Å². The Morgan fingerprint density at radius 3 is 2.24 bits per heavy atom. The summed E-state index contributed by atoms with van der Waals surface area (Å²) in [7, 11) is -1.86. The molecule has 3 N–H and O–H groups in total. The predicted molar refractivity (Wildman–Crippen MR) is 114 cm³/mol. The Balaban J connectivity index is 2.96. The average Bonchev–Trinajstić information content (AvgIpc) is 2.62. The largest absolute Gasteiger partial charge is 0.349 e. The fourth-order valence-corrected chi connectivity index (χ4v) is 4.62. The van der Waals surface area contributed by atoms with Crippen molar-refractivity contribution in [2.24, 2.45) is 0 Å². The van der Waals surface area contributed by atoms with Gasteiger partial charge in [-0.25, -0.2) is 8.42 Å². The third-order valence-corrected chi connectivity index (χ3v) is 6.99. The van der Waals surface area contributed by atoms with Gasteiger partial charge in [0.25, 0.3) is 11.8 Å². The molecule has 1 aromatic carbocycles. The molecule has 9 heteroatoms. The van der Waals surface area contributed by atoms with E-state index in [0.717, 1.165) is 4.90 Å². The average molecular weight is 428 g/mol. The second-order valence-corrected chi connectivity index (χ2v) is 9.43. The van der Waals surface area contributed by atoms with Crippen LogP contribution in [0.3, 0.4) is 0 Å². The second-order valence-electron chi connectivity index (χ2n) is 7.53. The predicted octanol–water partition coefficient (Wildman–Crippen LogP) is 0.392. The number of likely N-dealkylation sites (N-methyl/N-ethyl adjacent to an activating group) is 1. The normalized spacial score (nSPS) is 14.0. The first-order chi connectivity index (χ1) is 13.4. The molecule has 0 radical (unpaired) electrons. The van der Waals surface area contributed by atoms with E-state index >= 15 is 0 Å². The number of sulfonamides is 1. The van der Waals surface area contributed by atoms with Crippen molar-refractivity contribution in [3.8, 4) is 0 Å². The lowest BCUT2D eigenvalue weighted by atomic mass is 10.2. The van der Waals surface area contributed by atoms with E-state index in [9.17, 15) is 18.0 Å².